The van der Waals surface area contributed by atoms with Crippen molar-refractivity contribution in [3.8, 4) is 5.75 Å². The second-order valence-corrected chi connectivity index (χ2v) is 3.27. The van der Waals surface area contributed by atoms with Crippen LogP contribution in [0.25, 0.3) is 0 Å². The molecule has 2 rings (SSSR count). The minimum atomic E-state index is -1.09. The van der Waals surface area contributed by atoms with Gasteiger partial charge < -0.3 is 14.7 Å². The van der Waals surface area contributed by atoms with Crippen LogP contribution in [0, 0.1) is 0 Å². The summed E-state index contributed by atoms with van der Waals surface area (Å²) in [5, 5.41) is 21.8. The Morgan fingerprint density at radius 2 is 2.12 bits per heavy atom. The largest absolute Gasteiger partial charge is 0.508 e. The standard InChI is InChI=1S/C11H9NO4/c13-9-4-2-1-3-7(9)5-10-8(11(14)15)6-12-16-10/h1-4,6,13H,5H2,(H,14,15). The van der Waals surface area contributed by atoms with Crippen LogP contribution >= 0.6 is 0 Å². The van der Waals surface area contributed by atoms with Crippen molar-refractivity contribution >= 4 is 5.97 Å². The first kappa shape index (κ1) is 10.2. The summed E-state index contributed by atoms with van der Waals surface area (Å²) in [5.41, 5.74) is 0.616. The number of hydrogen-bond acceptors (Lipinski definition) is 4. The van der Waals surface area contributed by atoms with Crippen molar-refractivity contribution in [3.63, 3.8) is 0 Å². The second kappa shape index (κ2) is 4.06. The molecule has 2 aromatic rings. The Kier molecular flexibility index (Phi) is 2.59. The maximum absolute atomic E-state index is 10.8. The Morgan fingerprint density at radius 3 is 2.81 bits per heavy atom. The summed E-state index contributed by atoms with van der Waals surface area (Å²) < 4.78 is 4.84. The Hall–Kier alpha value is -2.30. The SMILES string of the molecule is O=C(O)c1cnoc1Cc1ccccc1O. The molecule has 16 heavy (non-hydrogen) atoms. The van der Waals surface area contributed by atoms with Gasteiger partial charge in [-0.15, -0.1) is 0 Å². The Labute approximate surface area is 90.9 Å². The lowest BCUT2D eigenvalue weighted by Gasteiger charge is -2.01. The van der Waals surface area contributed by atoms with Gasteiger partial charge in [-0.25, -0.2) is 4.79 Å². The van der Waals surface area contributed by atoms with Gasteiger partial charge in [-0.1, -0.05) is 23.4 Å². The zero-order valence-electron chi connectivity index (χ0n) is 8.25. The number of aromatic hydroxyl groups is 1. The summed E-state index contributed by atoms with van der Waals surface area (Å²) in [6.07, 6.45) is 1.35. The molecule has 0 bridgehead atoms. The van der Waals surface area contributed by atoms with Crippen LogP contribution in [0.4, 0.5) is 0 Å². The fraction of sp³-hybridized carbons (Fsp3) is 0.0909. The smallest absolute Gasteiger partial charge is 0.340 e. The van der Waals surface area contributed by atoms with Gasteiger partial charge >= 0.3 is 5.97 Å². The van der Waals surface area contributed by atoms with E-state index in [0.29, 0.717) is 5.56 Å². The summed E-state index contributed by atoms with van der Waals surface area (Å²) in [6.45, 7) is 0. The maximum atomic E-state index is 10.8. The van der Waals surface area contributed by atoms with Gasteiger partial charge in [0.05, 0.1) is 6.20 Å². The van der Waals surface area contributed by atoms with Crippen LogP contribution < -0.4 is 0 Å². The van der Waals surface area contributed by atoms with E-state index >= 15 is 0 Å². The number of para-hydroxylation sites is 1. The van der Waals surface area contributed by atoms with Crippen LogP contribution in [0.15, 0.2) is 35.0 Å². The molecule has 0 amide bonds. The predicted octanol–water partition coefficient (Wildman–Crippen LogP) is 1.67. The summed E-state index contributed by atoms with van der Waals surface area (Å²) in [7, 11) is 0. The van der Waals surface area contributed by atoms with Gasteiger partial charge in [0.1, 0.15) is 11.3 Å². The molecule has 0 radical (unpaired) electrons. The molecule has 0 fully saturated rings. The second-order valence-electron chi connectivity index (χ2n) is 3.27. The van der Waals surface area contributed by atoms with Gasteiger partial charge in [-0.3, -0.25) is 0 Å². The van der Waals surface area contributed by atoms with Crippen LogP contribution in [0.1, 0.15) is 21.7 Å². The number of benzene rings is 1. The molecule has 0 aliphatic carbocycles. The number of phenols is 1. The van der Waals surface area contributed by atoms with Crippen LogP contribution in [-0.4, -0.2) is 21.3 Å². The number of rotatable bonds is 3. The average molecular weight is 219 g/mol. The van der Waals surface area contributed by atoms with Gasteiger partial charge in [0.15, 0.2) is 5.76 Å². The summed E-state index contributed by atoms with van der Waals surface area (Å²) in [5.74, 6) is -0.754. The highest BCUT2D eigenvalue weighted by molar-refractivity contribution is 5.88. The molecule has 1 aromatic heterocycles. The van der Waals surface area contributed by atoms with Crippen molar-refractivity contribution in [2.75, 3.05) is 0 Å². The lowest BCUT2D eigenvalue weighted by atomic mass is 10.1. The molecular weight excluding hydrogens is 210 g/mol. The number of carbonyl (C=O) groups is 1. The third kappa shape index (κ3) is 1.88. The minimum absolute atomic E-state index is 0.0169. The molecule has 0 aliphatic rings. The van der Waals surface area contributed by atoms with Crippen molar-refractivity contribution in [1.29, 1.82) is 0 Å². The number of phenolic OH excluding ortho intramolecular Hbond substituents is 1. The van der Waals surface area contributed by atoms with E-state index in [1.54, 1.807) is 18.2 Å². The van der Waals surface area contributed by atoms with Crippen molar-refractivity contribution in [2.45, 2.75) is 6.42 Å². The minimum Gasteiger partial charge on any atom is -0.508 e. The van der Waals surface area contributed by atoms with E-state index in [-0.39, 0.29) is 23.5 Å². The third-order valence-electron chi connectivity index (χ3n) is 2.22. The molecule has 0 saturated carbocycles. The number of nitrogens with zero attached hydrogens (tertiary/aromatic N) is 1. The first-order valence-corrected chi connectivity index (χ1v) is 4.62. The van der Waals surface area contributed by atoms with E-state index in [4.69, 9.17) is 9.63 Å². The van der Waals surface area contributed by atoms with E-state index in [0.717, 1.165) is 6.20 Å². The maximum Gasteiger partial charge on any atom is 0.340 e. The molecule has 5 nitrogen and oxygen atoms in total. The fourth-order valence-electron chi connectivity index (χ4n) is 1.40. The molecule has 0 aliphatic heterocycles. The van der Waals surface area contributed by atoms with Gasteiger partial charge in [0.2, 0.25) is 0 Å². The van der Waals surface area contributed by atoms with Crippen molar-refractivity contribution < 1.29 is 19.5 Å². The number of carboxylic acids is 1. The van der Waals surface area contributed by atoms with E-state index in [1.165, 1.54) is 6.07 Å². The van der Waals surface area contributed by atoms with Gasteiger partial charge in [-0.05, 0) is 6.07 Å². The monoisotopic (exact) mass is 219 g/mol. The van der Waals surface area contributed by atoms with Crippen molar-refractivity contribution in [3.05, 3.63) is 47.3 Å². The fourth-order valence-corrected chi connectivity index (χ4v) is 1.40. The molecule has 0 unspecified atom stereocenters. The van der Waals surface area contributed by atoms with Crippen LogP contribution in [-0.2, 0) is 6.42 Å². The number of aromatic nitrogens is 1. The summed E-state index contributed by atoms with van der Waals surface area (Å²) in [6, 6.07) is 6.68. The summed E-state index contributed by atoms with van der Waals surface area (Å²) in [4.78, 5) is 10.8. The quantitative estimate of drug-likeness (QED) is 0.820. The Morgan fingerprint density at radius 1 is 1.38 bits per heavy atom. The van der Waals surface area contributed by atoms with E-state index in [9.17, 15) is 9.90 Å². The highest BCUT2D eigenvalue weighted by atomic mass is 16.5. The van der Waals surface area contributed by atoms with Gasteiger partial charge in [-0.2, -0.15) is 0 Å². The molecule has 0 atom stereocenters. The van der Waals surface area contributed by atoms with Gasteiger partial charge in [0, 0.05) is 12.0 Å². The van der Waals surface area contributed by atoms with Crippen LogP contribution in [0.3, 0.4) is 0 Å². The first-order chi connectivity index (χ1) is 7.68. The zero-order valence-corrected chi connectivity index (χ0v) is 8.25. The highest BCUT2D eigenvalue weighted by Crippen LogP contribution is 2.21. The average Bonchev–Trinajstić information content (AvgIpc) is 2.69. The zero-order chi connectivity index (χ0) is 11.5. The van der Waals surface area contributed by atoms with Crippen molar-refractivity contribution in [2.24, 2.45) is 0 Å². The van der Waals surface area contributed by atoms with Crippen LogP contribution in [0.5, 0.6) is 5.75 Å². The first-order valence-electron chi connectivity index (χ1n) is 4.62. The lowest BCUT2D eigenvalue weighted by Crippen LogP contribution is -1.99. The normalized spacial score (nSPS) is 10.2. The summed E-state index contributed by atoms with van der Waals surface area (Å²) >= 11 is 0. The highest BCUT2D eigenvalue weighted by Gasteiger charge is 2.16. The van der Waals surface area contributed by atoms with E-state index in [2.05, 4.69) is 5.16 Å². The molecule has 5 heteroatoms. The molecule has 1 heterocycles. The predicted molar refractivity (Wildman–Crippen MR) is 54.4 cm³/mol. The molecule has 1 aromatic carbocycles. The topological polar surface area (TPSA) is 83.6 Å². The van der Waals surface area contributed by atoms with Crippen LogP contribution in [0.2, 0.25) is 0 Å². The molecule has 0 saturated heterocycles. The Balaban J connectivity index is 2.31. The van der Waals surface area contributed by atoms with E-state index < -0.39 is 5.97 Å². The van der Waals surface area contributed by atoms with Crippen molar-refractivity contribution in [1.82, 2.24) is 5.16 Å². The van der Waals surface area contributed by atoms with E-state index in [1.807, 2.05) is 0 Å². The number of hydrogen-bond donors (Lipinski definition) is 2. The third-order valence-corrected chi connectivity index (χ3v) is 2.22. The molecule has 0 spiro atoms. The number of aromatic carboxylic acids is 1. The van der Waals surface area contributed by atoms with Gasteiger partial charge in [0.25, 0.3) is 0 Å². The molecule has 82 valence electrons. The number of carboxylic acid groups (broad SMARTS) is 1. The Bertz CT molecular complexity index is 518. The lowest BCUT2D eigenvalue weighted by molar-refractivity contribution is 0.0694. The molecular formula is C11H9NO4. The molecule has 2 N–H and O–H groups in total.